The van der Waals surface area contributed by atoms with Crippen LogP contribution in [0.4, 0.5) is 5.69 Å². The fourth-order valence-corrected chi connectivity index (χ4v) is 2.34. The molecule has 0 aromatic heterocycles. The fourth-order valence-electron chi connectivity index (χ4n) is 2.14. The van der Waals surface area contributed by atoms with Crippen LogP contribution in [0.1, 0.15) is 6.92 Å². The summed E-state index contributed by atoms with van der Waals surface area (Å²) in [5.41, 5.74) is 5.61. The van der Waals surface area contributed by atoms with Gasteiger partial charge in [-0.3, -0.25) is 4.79 Å². The molecule has 1 aromatic carbocycles. The van der Waals surface area contributed by atoms with Crippen LogP contribution in [-0.4, -0.2) is 39.4 Å². The van der Waals surface area contributed by atoms with Crippen LogP contribution in [0, 0.1) is 5.41 Å². The lowest BCUT2D eigenvalue weighted by Crippen LogP contribution is -2.47. The quantitative estimate of drug-likeness (QED) is 0.883. The van der Waals surface area contributed by atoms with E-state index in [9.17, 15) is 4.79 Å². The minimum absolute atomic E-state index is 0.235. The van der Waals surface area contributed by atoms with Gasteiger partial charge in [0.15, 0.2) is 11.5 Å². The van der Waals surface area contributed by atoms with Crippen molar-refractivity contribution in [3.05, 3.63) is 17.2 Å². The van der Waals surface area contributed by atoms with E-state index < -0.39 is 5.41 Å². The van der Waals surface area contributed by atoms with Gasteiger partial charge in [0.1, 0.15) is 0 Å². The van der Waals surface area contributed by atoms with E-state index in [0.29, 0.717) is 28.8 Å². The summed E-state index contributed by atoms with van der Waals surface area (Å²) in [5.74, 6) is 0.739. The zero-order valence-corrected chi connectivity index (χ0v) is 13.0. The van der Waals surface area contributed by atoms with E-state index in [-0.39, 0.29) is 18.6 Å². The summed E-state index contributed by atoms with van der Waals surface area (Å²) in [5, 5.41) is 3.14. The Balaban J connectivity index is 2.25. The number of hydrogen-bond donors (Lipinski definition) is 2. The molecule has 6 nitrogen and oxygen atoms in total. The van der Waals surface area contributed by atoms with Crippen molar-refractivity contribution in [2.45, 2.75) is 13.0 Å². The zero-order valence-electron chi connectivity index (χ0n) is 12.2. The van der Waals surface area contributed by atoms with E-state index in [1.807, 2.05) is 0 Å². The van der Waals surface area contributed by atoms with Crippen LogP contribution in [0.15, 0.2) is 12.1 Å². The average molecular weight is 315 g/mol. The molecule has 0 bridgehead atoms. The molecule has 1 aliphatic heterocycles. The van der Waals surface area contributed by atoms with Gasteiger partial charge < -0.3 is 25.3 Å². The van der Waals surface area contributed by atoms with Crippen molar-refractivity contribution in [1.29, 1.82) is 0 Å². The maximum Gasteiger partial charge on any atom is 0.234 e. The molecule has 0 radical (unpaired) electrons. The molecular formula is C14H19ClN2O4. The molecule has 21 heavy (non-hydrogen) atoms. The Morgan fingerprint density at radius 2 is 2.05 bits per heavy atom. The number of methoxy groups -OCH3 is 2. The maximum atomic E-state index is 12.5. The second-order valence-electron chi connectivity index (χ2n) is 5.18. The lowest BCUT2D eigenvalue weighted by molar-refractivity contribution is -0.125. The summed E-state index contributed by atoms with van der Waals surface area (Å²) in [4.78, 5) is 12.5. The average Bonchev–Trinajstić information content (AvgIpc) is 2.81. The monoisotopic (exact) mass is 314 g/mol. The van der Waals surface area contributed by atoms with Crippen LogP contribution >= 0.6 is 11.6 Å². The van der Waals surface area contributed by atoms with Crippen LogP contribution in [-0.2, 0) is 9.53 Å². The molecule has 116 valence electrons. The second kappa shape index (κ2) is 6.09. The van der Waals surface area contributed by atoms with Gasteiger partial charge in [-0.05, 0) is 6.92 Å². The molecule has 1 aliphatic rings. The van der Waals surface area contributed by atoms with Crippen molar-refractivity contribution < 1.29 is 19.0 Å². The summed E-state index contributed by atoms with van der Waals surface area (Å²) in [6.45, 7) is 2.42. The van der Waals surface area contributed by atoms with Gasteiger partial charge in [0.2, 0.25) is 5.91 Å². The van der Waals surface area contributed by atoms with Crippen molar-refractivity contribution in [3.8, 4) is 11.5 Å². The smallest absolute Gasteiger partial charge is 0.234 e. The molecule has 3 N–H and O–H groups in total. The van der Waals surface area contributed by atoms with Gasteiger partial charge in [0.05, 0.1) is 43.6 Å². The minimum Gasteiger partial charge on any atom is -0.493 e. The molecule has 1 aromatic rings. The highest BCUT2D eigenvalue weighted by atomic mass is 35.5. The van der Waals surface area contributed by atoms with Gasteiger partial charge in [-0.1, -0.05) is 11.6 Å². The third-order valence-corrected chi connectivity index (χ3v) is 4.07. The summed E-state index contributed by atoms with van der Waals surface area (Å²) in [7, 11) is 3.03. The van der Waals surface area contributed by atoms with Gasteiger partial charge in [-0.2, -0.15) is 0 Å². The molecule has 1 saturated heterocycles. The first kappa shape index (κ1) is 15.9. The van der Waals surface area contributed by atoms with Gasteiger partial charge in [-0.25, -0.2) is 0 Å². The number of ether oxygens (including phenoxy) is 3. The van der Waals surface area contributed by atoms with Crippen LogP contribution in [0.5, 0.6) is 11.5 Å². The molecule has 0 saturated carbocycles. The van der Waals surface area contributed by atoms with Crippen LogP contribution < -0.4 is 20.5 Å². The minimum atomic E-state index is -0.781. The van der Waals surface area contributed by atoms with Gasteiger partial charge >= 0.3 is 0 Å². The Bertz CT molecular complexity index is 552. The van der Waals surface area contributed by atoms with E-state index in [4.69, 9.17) is 31.5 Å². The van der Waals surface area contributed by atoms with Crippen LogP contribution in [0.3, 0.4) is 0 Å². The summed E-state index contributed by atoms with van der Waals surface area (Å²) >= 11 is 6.16. The Morgan fingerprint density at radius 1 is 1.43 bits per heavy atom. The Labute approximate surface area is 128 Å². The SMILES string of the molecule is COc1cc(Cl)c(NC(=O)C2(C)COCC2N)cc1OC. The van der Waals surface area contributed by atoms with E-state index in [2.05, 4.69) is 5.32 Å². The van der Waals surface area contributed by atoms with Crippen LogP contribution in [0.2, 0.25) is 5.02 Å². The number of rotatable bonds is 4. The molecule has 1 fully saturated rings. The summed E-state index contributed by atoms with van der Waals surface area (Å²) in [6, 6.07) is 2.85. The maximum absolute atomic E-state index is 12.5. The van der Waals surface area contributed by atoms with Crippen LogP contribution in [0.25, 0.3) is 0 Å². The lowest BCUT2D eigenvalue weighted by atomic mass is 9.85. The third-order valence-electron chi connectivity index (χ3n) is 3.76. The zero-order chi connectivity index (χ0) is 15.6. The van der Waals surface area contributed by atoms with Gasteiger partial charge in [-0.15, -0.1) is 0 Å². The molecule has 2 rings (SSSR count). The first-order valence-electron chi connectivity index (χ1n) is 6.48. The first-order valence-corrected chi connectivity index (χ1v) is 6.86. The van der Waals surface area contributed by atoms with E-state index in [0.717, 1.165) is 0 Å². The molecular weight excluding hydrogens is 296 g/mol. The molecule has 0 aliphatic carbocycles. The number of nitrogens with one attached hydrogen (secondary N) is 1. The second-order valence-corrected chi connectivity index (χ2v) is 5.59. The highest BCUT2D eigenvalue weighted by Gasteiger charge is 2.44. The predicted molar refractivity (Wildman–Crippen MR) is 80.1 cm³/mol. The Hall–Kier alpha value is -1.50. The topological polar surface area (TPSA) is 82.8 Å². The number of carbonyl (C=O) groups is 1. The Morgan fingerprint density at radius 3 is 2.57 bits per heavy atom. The molecule has 2 unspecified atom stereocenters. The standard InChI is InChI=1S/C14H19ClN2O4/c1-14(7-21-6-12(14)16)13(18)17-9-5-11(20-3)10(19-2)4-8(9)15/h4-5,12H,6-7,16H2,1-3H3,(H,17,18). The van der Waals surface area contributed by atoms with Crippen molar-refractivity contribution in [2.24, 2.45) is 11.1 Å². The van der Waals surface area contributed by atoms with Gasteiger partial charge in [0, 0.05) is 18.2 Å². The van der Waals surface area contributed by atoms with Crippen molar-refractivity contribution in [1.82, 2.24) is 0 Å². The number of hydrogen-bond acceptors (Lipinski definition) is 5. The van der Waals surface area contributed by atoms with Crippen molar-refractivity contribution >= 4 is 23.2 Å². The number of nitrogens with two attached hydrogens (primary N) is 1. The first-order chi connectivity index (χ1) is 9.92. The van der Waals surface area contributed by atoms with Crippen molar-refractivity contribution in [3.63, 3.8) is 0 Å². The number of amides is 1. The number of anilines is 1. The molecule has 1 amide bonds. The third kappa shape index (κ3) is 2.92. The van der Waals surface area contributed by atoms with E-state index in [1.54, 1.807) is 19.1 Å². The number of carbonyl (C=O) groups excluding carboxylic acids is 1. The highest BCUT2D eigenvalue weighted by Crippen LogP contribution is 2.37. The number of benzene rings is 1. The van der Waals surface area contributed by atoms with Crippen molar-refractivity contribution in [2.75, 3.05) is 32.8 Å². The summed E-state index contributed by atoms with van der Waals surface area (Å²) < 4.78 is 15.6. The predicted octanol–water partition coefficient (Wildman–Crippen LogP) is 1.66. The molecule has 1 heterocycles. The number of halogens is 1. The van der Waals surface area contributed by atoms with E-state index in [1.165, 1.54) is 14.2 Å². The largest absolute Gasteiger partial charge is 0.493 e. The summed E-state index contributed by atoms with van der Waals surface area (Å²) in [6.07, 6.45) is 0. The normalized spacial score (nSPS) is 24.7. The Kier molecular flexibility index (Phi) is 4.61. The van der Waals surface area contributed by atoms with Gasteiger partial charge in [0.25, 0.3) is 0 Å². The fraction of sp³-hybridized carbons (Fsp3) is 0.500. The molecule has 0 spiro atoms. The van der Waals surface area contributed by atoms with E-state index >= 15 is 0 Å². The highest BCUT2D eigenvalue weighted by molar-refractivity contribution is 6.34. The lowest BCUT2D eigenvalue weighted by Gasteiger charge is -2.25. The molecule has 2 atom stereocenters. The molecule has 7 heteroatoms.